The van der Waals surface area contributed by atoms with Crippen molar-refractivity contribution in [2.45, 2.75) is 6.85 Å². The fraction of sp³-hybridized carbons (Fsp3) is 0.111. The minimum atomic E-state index is -2.70. The first-order valence-electron chi connectivity index (χ1n) is 7.35. The molecule has 66 valence electrons. The van der Waals surface area contributed by atoms with Crippen LogP contribution in [0.2, 0.25) is 0 Å². The maximum atomic E-state index is 7.82. The molecule has 0 fully saturated rings. The average Bonchev–Trinajstić information content (AvgIpc) is 2.64. The van der Waals surface area contributed by atoms with E-state index in [2.05, 4.69) is 9.97 Å². The first kappa shape index (κ1) is 2.83. The van der Waals surface area contributed by atoms with Gasteiger partial charge < -0.3 is 10.3 Å². The first-order chi connectivity index (χ1) is 9.55. The fourth-order valence-corrected chi connectivity index (χ4v) is 0.792. The van der Waals surface area contributed by atoms with Crippen LogP contribution in [0.1, 0.15) is 16.7 Å². The average molecular weight is 182 g/mol. The molecule has 0 saturated heterocycles. The Morgan fingerprint density at radius 2 is 2.54 bits per heavy atom. The van der Waals surface area contributed by atoms with E-state index in [1.807, 2.05) is 0 Å². The summed E-state index contributed by atoms with van der Waals surface area (Å²) < 4.78 is 60.8. The van der Waals surface area contributed by atoms with Crippen LogP contribution < -0.4 is 5.73 Å². The smallest absolute Gasteiger partial charge is 0.105 e. The number of nitrogens with two attached hydrogens (primary N) is 1. The number of imidazole rings is 1. The van der Waals surface area contributed by atoms with Crippen molar-refractivity contribution in [3.63, 3.8) is 0 Å². The van der Waals surface area contributed by atoms with Crippen molar-refractivity contribution < 1.29 is 11.0 Å². The lowest BCUT2D eigenvalue weighted by atomic mass is 10.4. The summed E-state index contributed by atoms with van der Waals surface area (Å²) >= 11 is 0. The molecule has 0 atom stereocenters. The van der Waals surface area contributed by atoms with Gasteiger partial charge in [-0.1, -0.05) is 0 Å². The van der Waals surface area contributed by atoms with Crippen LogP contribution in [0.4, 0.5) is 5.69 Å². The van der Waals surface area contributed by atoms with Gasteiger partial charge in [0.05, 0.1) is 35.0 Å². The van der Waals surface area contributed by atoms with Gasteiger partial charge in [0.2, 0.25) is 0 Å². The maximum Gasteiger partial charge on any atom is 0.105 e. The van der Waals surface area contributed by atoms with E-state index in [0.717, 1.165) is 0 Å². The molecule has 0 aromatic carbocycles. The van der Waals surface area contributed by atoms with Gasteiger partial charge >= 0.3 is 0 Å². The van der Waals surface area contributed by atoms with E-state index in [0.29, 0.717) is 4.57 Å². The van der Waals surface area contributed by atoms with Crippen LogP contribution in [0.25, 0.3) is 5.69 Å². The summed E-state index contributed by atoms with van der Waals surface area (Å²) in [5.74, 6) is 0. The Morgan fingerprint density at radius 1 is 1.62 bits per heavy atom. The number of pyridine rings is 1. The molecule has 0 spiro atoms. The lowest BCUT2D eigenvalue weighted by Crippen LogP contribution is -1.93. The van der Waals surface area contributed by atoms with E-state index in [1.54, 1.807) is 0 Å². The maximum absolute atomic E-state index is 7.82. The molecule has 0 aliphatic heterocycles. The summed E-state index contributed by atoms with van der Waals surface area (Å²) in [5, 5.41) is 0. The third-order valence-electron chi connectivity index (χ3n) is 1.29. The van der Waals surface area contributed by atoms with Gasteiger partial charge in [-0.3, -0.25) is 4.98 Å². The molecule has 2 heterocycles. The largest absolute Gasteiger partial charge is 0.397 e. The summed E-state index contributed by atoms with van der Waals surface area (Å²) in [6.07, 6.45) is -2.29. The van der Waals surface area contributed by atoms with Crippen LogP contribution in [0.15, 0.2) is 30.9 Å². The number of aromatic nitrogens is 3. The minimum Gasteiger partial charge on any atom is -0.397 e. The molecule has 4 nitrogen and oxygen atoms in total. The Bertz CT molecular complexity index is 720. The third-order valence-corrected chi connectivity index (χ3v) is 1.29. The van der Waals surface area contributed by atoms with E-state index in [1.165, 1.54) is 0 Å². The first-order valence-corrected chi connectivity index (χ1v) is 3.35. The molecule has 13 heavy (non-hydrogen) atoms. The summed E-state index contributed by atoms with van der Waals surface area (Å²) in [7, 11) is 0. The summed E-state index contributed by atoms with van der Waals surface area (Å²) in [5.41, 5.74) is 4.21. The predicted molar refractivity (Wildman–Crippen MR) is 50.5 cm³/mol. The zero-order chi connectivity index (χ0) is 16.1. The van der Waals surface area contributed by atoms with Crippen molar-refractivity contribution in [1.82, 2.24) is 14.5 Å². The molecular formula is C9H10N4. The van der Waals surface area contributed by atoms with E-state index in [-0.39, 0.29) is 11.4 Å². The zero-order valence-electron chi connectivity index (χ0n) is 14.4. The zero-order valence-corrected chi connectivity index (χ0v) is 6.42. The molecule has 2 N–H and O–H groups in total. The number of aryl methyl sites for hydroxylation is 1. The normalized spacial score (nSPS) is 20.0. The number of rotatable bonds is 1. The Balaban J connectivity index is 2.81. The van der Waals surface area contributed by atoms with E-state index >= 15 is 0 Å². The van der Waals surface area contributed by atoms with Crippen molar-refractivity contribution >= 4 is 5.69 Å². The van der Waals surface area contributed by atoms with Gasteiger partial charge in [-0.15, -0.1) is 0 Å². The molecule has 2 aromatic rings. The van der Waals surface area contributed by atoms with Gasteiger partial charge in [-0.05, 0) is 12.9 Å². The van der Waals surface area contributed by atoms with E-state index < -0.39 is 43.4 Å². The van der Waals surface area contributed by atoms with Crippen molar-refractivity contribution in [3.05, 3.63) is 36.6 Å². The van der Waals surface area contributed by atoms with Crippen LogP contribution in [0.3, 0.4) is 0 Å². The second kappa shape index (κ2) is 2.90. The molecule has 2 rings (SSSR count). The number of nitrogens with zero attached hydrogens (tertiary/aromatic N) is 3. The number of hydrogen-bond acceptors (Lipinski definition) is 3. The van der Waals surface area contributed by atoms with Gasteiger partial charge in [0, 0.05) is 16.5 Å². The van der Waals surface area contributed by atoms with Crippen LogP contribution >= 0.6 is 0 Å². The van der Waals surface area contributed by atoms with Crippen molar-refractivity contribution in [1.29, 1.82) is 0 Å². The quantitative estimate of drug-likeness (QED) is 0.720. The molecule has 0 aliphatic rings. The summed E-state index contributed by atoms with van der Waals surface area (Å²) in [4.78, 5) is 6.99. The minimum absolute atomic E-state index is 0.330. The number of nitrogen functional groups attached to an aromatic ring is 1. The second-order valence-electron chi connectivity index (χ2n) is 2.23. The lowest BCUT2D eigenvalue weighted by Gasteiger charge is -2.00. The van der Waals surface area contributed by atoms with Crippen molar-refractivity contribution in [2.75, 3.05) is 5.73 Å². The molecular weight excluding hydrogens is 164 g/mol. The molecule has 0 unspecified atom stereocenters. The lowest BCUT2D eigenvalue weighted by molar-refractivity contribution is 1.04. The van der Waals surface area contributed by atoms with Crippen molar-refractivity contribution in [2.24, 2.45) is 0 Å². The standard InChI is InChI=1S/C9H10N4/c1-7-5-13(6-12-7)9-2-8(10)3-11-4-9/h2-6H,10H2,1H3/i1D3,2D,3D,4D,5D,6D. The molecule has 0 saturated carbocycles. The Hall–Kier alpha value is -1.84. The van der Waals surface area contributed by atoms with E-state index in [9.17, 15) is 0 Å². The van der Waals surface area contributed by atoms with Crippen LogP contribution in [-0.2, 0) is 0 Å². The van der Waals surface area contributed by atoms with Crippen LogP contribution in [0.5, 0.6) is 0 Å². The van der Waals surface area contributed by atoms with Gasteiger partial charge in [-0.2, -0.15) is 0 Å². The SMILES string of the molecule is [2H]c1nc([2H])c(-n2c([2H])nc(C([2H])([2H])[2H])c2[2H])c([2H])c1N. The highest BCUT2D eigenvalue weighted by molar-refractivity contribution is 5.44. The number of hydrogen-bond donors (Lipinski definition) is 1. The second-order valence-corrected chi connectivity index (χ2v) is 2.23. The molecule has 0 amide bonds. The Kier molecular flexibility index (Phi) is 0.631. The molecule has 0 aliphatic carbocycles. The molecule has 2 aromatic heterocycles. The predicted octanol–water partition coefficient (Wildman–Crippen LogP) is 1.16. The highest BCUT2D eigenvalue weighted by Crippen LogP contribution is 2.09. The highest BCUT2D eigenvalue weighted by atomic mass is 15.0. The third kappa shape index (κ3) is 1.51. The highest BCUT2D eigenvalue weighted by Gasteiger charge is 1.97. The van der Waals surface area contributed by atoms with E-state index in [4.69, 9.17) is 16.7 Å². The van der Waals surface area contributed by atoms with Crippen molar-refractivity contribution in [3.8, 4) is 5.69 Å². The van der Waals surface area contributed by atoms with Gasteiger partial charge in [0.1, 0.15) is 1.37 Å². The van der Waals surface area contributed by atoms with Crippen LogP contribution in [-0.4, -0.2) is 14.5 Å². The summed E-state index contributed by atoms with van der Waals surface area (Å²) in [6, 6.07) is -0.475. The fourth-order valence-electron chi connectivity index (χ4n) is 0.792. The molecule has 4 heteroatoms. The Morgan fingerprint density at radius 3 is 3.31 bits per heavy atom. The monoisotopic (exact) mass is 182 g/mol. The van der Waals surface area contributed by atoms with Gasteiger partial charge in [0.25, 0.3) is 0 Å². The molecule has 0 bridgehead atoms. The summed E-state index contributed by atoms with van der Waals surface area (Å²) in [6.45, 7) is -2.70. The Labute approximate surface area is 87.3 Å². The van der Waals surface area contributed by atoms with Gasteiger partial charge in [-0.25, -0.2) is 4.98 Å². The van der Waals surface area contributed by atoms with Crippen LogP contribution in [0, 0.1) is 6.85 Å². The topological polar surface area (TPSA) is 56.7 Å². The molecule has 0 radical (unpaired) electrons. The number of anilines is 1. The van der Waals surface area contributed by atoms with Gasteiger partial charge in [0.15, 0.2) is 0 Å².